The van der Waals surface area contributed by atoms with Crippen LogP contribution in [0.3, 0.4) is 0 Å². The van der Waals surface area contributed by atoms with Gasteiger partial charge in [0.15, 0.2) is 12.1 Å². The first kappa shape index (κ1) is 32.1. The molecule has 12 heteroatoms. The molecule has 0 spiro atoms. The Kier molecular flexibility index (Phi) is 10.1. The highest BCUT2D eigenvalue weighted by molar-refractivity contribution is 6.12. The number of hydrogen-bond acceptors (Lipinski definition) is 9. The second kappa shape index (κ2) is 14.2. The molecule has 0 radical (unpaired) electrons. The van der Waals surface area contributed by atoms with Crippen molar-refractivity contribution in [2.45, 2.75) is 84.7 Å². The number of carbonyl (C=O) groups is 3. The summed E-state index contributed by atoms with van der Waals surface area (Å²) in [4.78, 5) is 41.4. The average Bonchev–Trinajstić information content (AvgIpc) is 3.70. The molecular weight excluding hydrogens is 576 g/mol. The molecule has 3 aromatic rings. The van der Waals surface area contributed by atoms with E-state index in [1.807, 2.05) is 25.1 Å². The minimum absolute atomic E-state index is 0.256. The summed E-state index contributed by atoms with van der Waals surface area (Å²) in [7, 11) is 0. The van der Waals surface area contributed by atoms with Crippen molar-refractivity contribution in [1.29, 1.82) is 0 Å². The Morgan fingerprint density at radius 2 is 1.80 bits per heavy atom. The van der Waals surface area contributed by atoms with Crippen LogP contribution >= 0.6 is 0 Å². The Bertz CT molecular complexity index is 1520. The molecule has 2 saturated heterocycles. The van der Waals surface area contributed by atoms with E-state index in [-0.39, 0.29) is 18.7 Å². The quantitative estimate of drug-likeness (QED) is 0.214. The smallest absolute Gasteiger partial charge is 0.412 e. The van der Waals surface area contributed by atoms with Crippen molar-refractivity contribution in [3.05, 3.63) is 59.4 Å². The lowest BCUT2D eigenvalue weighted by molar-refractivity contribution is -0.169. The molecular formula is C33H42N6O6. The second-order valence-electron chi connectivity index (χ2n) is 12.4. The number of carbonyl (C=O) groups excluding carboxylic acids is 3. The normalized spacial score (nSPS) is 16.8. The molecule has 45 heavy (non-hydrogen) atoms. The Morgan fingerprint density at radius 3 is 2.53 bits per heavy atom. The number of nitrogens with zero attached hydrogens (tertiary/aromatic N) is 4. The molecule has 0 bridgehead atoms. The zero-order valence-electron chi connectivity index (χ0n) is 26.4. The molecule has 3 heterocycles. The van der Waals surface area contributed by atoms with Crippen molar-refractivity contribution >= 4 is 34.8 Å². The maximum atomic E-state index is 13.3. The van der Waals surface area contributed by atoms with Gasteiger partial charge in [-0.05, 0) is 89.6 Å². The van der Waals surface area contributed by atoms with Crippen molar-refractivity contribution in [2.24, 2.45) is 0 Å². The first-order chi connectivity index (χ1) is 21.6. The third-order valence-electron chi connectivity index (χ3n) is 7.60. The van der Waals surface area contributed by atoms with Gasteiger partial charge < -0.3 is 24.4 Å². The molecule has 12 nitrogen and oxygen atoms in total. The monoisotopic (exact) mass is 618 g/mol. The summed E-state index contributed by atoms with van der Waals surface area (Å²) in [5.41, 5.74) is 3.72. The summed E-state index contributed by atoms with van der Waals surface area (Å²) in [6.07, 6.45) is 5.46. The van der Waals surface area contributed by atoms with Crippen molar-refractivity contribution in [1.82, 2.24) is 15.0 Å². The number of Topliss-reactive ketones (excluding diaryl/α,β-unsaturated/α-hetero) is 1. The van der Waals surface area contributed by atoms with Crippen LogP contribution < -0.4 is 15.5 Å². The predicted octanol–water partition coefficient (Wildman–Crippen LogP) is 5.78. The largest absolute Gasteiger partial charge is 0.444 e. The standard InChI is InChI=1S/C33H42N6O6/c1-22-16-26(27(36-32(42)45-33(2,3)4)18-28(22)38-13-6-7-14-38)35-30(41)19-29(40)23-10-9-11-24(17-23)39-25(20-34-37-39)21-44-31-12-5-8-15-43-31/h9-11,16-18,20,31H,5-8,12-15,19,21H2,1-4H3,(H,35,41)(H,36,42). The summed E-state index contributed by atoms with van der Waals surface area (Å²) in [6.45, 7) is 10.1. The van der Waals surface area contributed by atoms with Gasteiger partial charge in [0.1, 0.15) is 5.60 Å². The number of aryl methyl sites for hydroxylation is 1. The first-order valence-electron chi connectivity index (χ1n) is 15.5. The summed E-state index contributed by atoms with van der Waals surface area (Å²) in [5.74, 6) is -0.872. The van der Waals surface area contributed by atoms with E-state index in [0.717, 1.165) is 56.4 Å². The first-order valence-corrected chi connectivity index (χ1v) is 15.5. The van der Waals surface area contributed by atoms with Crippen LogP contribution in [-0.4, -0.2) is 64.4 Å². The van der Waals surface area contributed by atoms with Gasteiger partial charge >= 0.3 is 6.09 Å². The third kappa shape index (κ3) is 8.67. The number of benzene rings is 2. The molecule has 0 saturated carbocycles. The number of ether oxygens (including phenoxy) is 3. The fourth-order valence-corrected chi connectivity index (χ4v) is 5.46. The van der Waals surface area contributed by atoms with Crippen molar-refractivity contribution in [3.8, 4) is 5.69 Å². The number of rotatable bonds is 10. The van der Waals surface area contributed by atoms with Gasteiger partial charge in [0.05, 0.1) is 42.0 Å². The highest BCUT2D eigenvalue weighted by Gasteiger charge is 2.23. The number of nitrogens with one attached hydrogen (secondary N) is 2. The van der Waals surface area contributed by atoms with Crippen LogP contribution in [0.2, 0.25) is 0 Å². The fourth-order valence-electron chi connectivity index (χ4n) is 5.46. The molecule has 2 fully saturated rings. The summed E-state index contributed by atoms with van der Waals surface area (Å²) in [6, 6.07) is 10.6. The summed E-state index contributed by atoms with van der Waals surface area (Å²) >= 11 is 0. The number of aromatic nitrogens is 3. The fraction of sp³-hybridized carbons (Fsp3) is 0.485. The van der Waals surface area contributed by atoms with Gasteiger partial charge in [0.25, 0.3) is 0 Å². The lowest BCUT2D eigenvalue weighted by Gasteiger charge is -2.24. The minimum Gasteiger partial charge on any atom is -0.444 e. The van der Waals surface area contributed by atoms with Crippen LogP contribution in [0.25, 0.3) is 5.69 Å². The summed E-state index contributed by atoms with van der Waals surface area (Å²) < 4.78 is 18.6. The molecule has 2 aromatic carbocycles. The lowest BCUT2D eigenvalue weighted by atomic mass is 10.1. The van der Waals surface area contributed by atoms with Crippen molar-refractivity contribution < 1.29 is 28.6 Å². The van der Waals surface area contributed by atoms with Crippen LogP contribution in [0.15, 0.2) is 42.6 Å². The van der Waals surface area contributed by atoms with Crippen LogP contribution in [0, 0.1) is 6.92 Å². The molecule has 2 aliphatic heterocycles. The van der Waals surface area contributed by atoms with E-state index >= 15 is 0 Å². The molecule has 1 atom stereocenters. The molecule has 240 valence electrons. The van der Waals surface area contributed by atoms with Crippen molar-refractivity contribution in [2.75, 3.05) is 35.2 Å². The lowest BCUT2D eigenvalue weighted by Crippen LogP contribution is -2.28. The zero-order chi connectivity index (χ0) is 32.0. The van der Waals surface area contributed by atoms with E-state index in [4.69, 9.17) is 14.2 Å². The number of hydrogen-bond donors (Lipinski definition) is 2. The van der Waals surface area contributed by atoms with Crippen molar-refractivity contribution in [3.63, 3.8) is 0 Å². The van der Waals surface area contributed by atoms with Gasteiger partial charge in [-0.15, -0.1) is 5.10 Å². The zero-order valence-corrected chi connectivity index (χ0v) is 26.4. The van der Waals surface area contributed by atoms with Gasteiger partial charge in [-0.2, -0.15) is 0 Å². The van der Waals surface area contributed by atoms with E-state index in [0.29, 0.717) is 34.9 Å². The van der Waals surface area contributed by atoms with E-state index in [2.05, 4.69) is 25.8 Å². The molecule has 1 unspecified atom stereocenters. The van der Waals surface area contributed by atoms with Crippen LogP contribution in [0.5, 0.6) is 0 Å². The van der Waals surface area contributed by atoms with Gasteiger partial charge in [-0.3, -0.25) is 14.9 Å². The van der Waals surface area contributed by atoms with E-state index in [9.17, 15) is 14.4 Å². The van der Waals surface area contributed by atoms with E-state index in [1.54, 1.807) is 49.8 Å². The number of anilines is 3. The highest BCUT2D eigenvalue weighted by Crippen LogP contribution is 2.34. The Balaban J connectivity index is 1.28. The molecule has 0 aliphatic carbocycles. The molecule has 2 amide bonds. The predicted molar refractivity (Wildman–Crippen MR) is 170 cm³/mol. The van der Waals surface area contributed by atoms with Gasteiger partial charge in [-0.1, -0.05) is 17.3 Å². The van der Waals surface area contributed by atoms with Crippen LogP contribution in [0.1, 0.15) is 80.9 Å². The Morgan fingerprint density at radius 1 is 1.02 bits per heavy atom. The maximum absolute atomic E-state index is 13.3. The average molecular weight is 619 g/mol. The third-order valence-corrected chi connectivity index (χ3v) is 7.60. The van der Waals surface area contributed by atoms with Gasteiger partial charge in [-0.25, -0.2) is 9.48 Å². The molecule has 2 N–H and O–H groups in total. The van der Waals surface area contributed by atoms with Gasteiger partial charge in [0, 0.05) is 30.9 Å². The van der Waals surface area contributed by atoms with Gasteiger partial charge in [0.2, 0.25) is 5.91 Å². The minimum atomic E-state index is -0.694. The SMILES string of the molecule is Cc1cc(NC(=O)CC(=O)c2cccc(-n3nncc3COC3CCCCO3)c2)c(NC(=O)OC(C)(C)C)cc1N1CCCC1. The van der Waals surface area contributed by atoms with E-state index < -0.39 is 24.0 Å². The van der Waals surface area contributed by atoms with Crippen LogP contribution in [0.4, 0.5) is 21.9 Å². The van der Waals surface area contributed by atoms with Crippen LogP contribution in [-0.2, 0) is 25.6 Å². The topological polar surface area (TPSA) is 137 Å². The Labute approximate surface area is 263 Å². The molecule has 5 rings (SSSR count). The number of amides is 2. The number of ketones is 1. The highest BCUT2D eigenvalue weighted by atomic mass is 16.7. The summed E-state index contributed by atoms with van der Waals surface area (Å²) in [5, 5.41) is 13.8. The maximum Gasteiger partial charge on any atom is 0.412 e. The second-order valence-corrected chi connectivity index (χ2v) is 12.4. The Hall–Kier alpha value is -4.29. The van der Waals surface area contributed by atoms with E-state index in [1.165, 1.54) is 0 Å². The molecule has 1 aromatic heterocycles. The molecule has 2 aliphatic rings.